The molecule has 3 rings (SSSR count). The van der Waals surface area contributed by atoms with Gasteiger partial charge in [-0.1, -0.05) is 11.8 Å². The molecule has 144 valence electrons. The van der Waals surface area contributed by atoms with Crippen LogP contribution in [0.15, 0.2) is 63.2 Å². The number of hydroxylamine groups is 1. The van der Waals surface area contributed by atoms with Crippen LogP contribution < -0.4 is 11.2 Å². The molecule has 0 spiro atoms. The lowest BCUT2D eigenvalue weighted by atomic mass is 9.98. The van der Waals surface area contributed by atoms with Crippen LogP contribution in [0.1, 0.15) is 12.8 Å². The molecule has 0 aliphatic carbocycles. The summed E-state index contributed by atoms with van der Waals surface area (Å²) in [6, 6.07) is 13.7. The van der Waals surface area contributed by atoms with E-state index in [1.807, 2.05) is 12.1 Å². The molecule has 1 heterocycles. The van der Waals surface area contributed by atoms with Crippen molar-refractivity contribution in [1.82, 2.24) is 5.48 Å². The molecule has 9 heteroatoms. The van der Waals surface area contributed by atoms with Crippen LogP contribution in [0.25, 0.3) is 0 Å². The molecule has 4 N–H and O–H groups in total. The molecule has 7 nitrogen and oxygen atoms in total. The third-order valence-corrected chi connectivity index (χ3v) is 8.11. The first-order chi connectivity index (χ1) is 12.9. The first kappa shape index (κ1) is 19.7. The Morgan fingerprint density at radius 1 is 1.04 bits per heavy atom. The number of hydrogen-bond donors (Lipinski definition) is 3. The van der Waals surface area contributed by atoms with Crippen LogP contribution in [0.2, 0.25) is 0 Å². The molecule has 27 heavy (non-hydrogen) atoms. The van der Waals surface area contributed by atoms with Crippen molar-refractivity contribution < 1.29 is 23.2 Å². The predicted octanol–water partition coefficient (Wildman–Crippen LogP) is 2.25. The normalized spacial score (nSPS) is 16.6. The maximum absolute atomic E-state index is 13.2. The third-order valence-electron chi connectivity index (χ3n) is 4.58. The lowest BCUT2D eigenvalue weighted by Gasteiger charge is -2.34. The second-order valence-electron chi connectivity index (χ2n) is 6.19. The average Bonchev–Trinajstić information content (AvgIpc) is 2.70. The maximum Gasteiger partial charge on any atom is 0.265 e. The van der Waals surface area contributed by atoms with Gasteiger partial charge in [-0.05, 0) is 61.4 Å². The lowest BCUT2D eigenvalue weighted by Crippen LogP contribution is -2.54. The molecular formula is C18H20N2O5S2. The standard InChI is InChI=1S/C18H20N2O5S2/c19-13-1-3-14(4-2-13)26-15-5-7-16(8-6-15)27(23,24)18(17(21)20-22)9-11-25-12-10-18/h1-8,22H,9-12,19H2,(H,20,21). The molecular weight excluding hydrogens is 388 g/mol. The van der Waals surface area contributed by atoms with Gasteiger partial charge in [-0.15, -0.1) is 0 Å². The van der Waals surface area contributed by atoms with Crippen LogP contribution in [0, 0.1) is 0 Å². The van der Waals surface area contributed by atoms with E-state index in [1.54, 1.807) is 24.3 Å². The van der Waals surface area contributed by atoms with Gasteiger partial charge in [-0.3, -0.25) is 10.0 Å². The van der Waals surface area contributed by atoms with Crippen molar-refractivity contribution in [1.29, 1.82) is 0 Å². The van der Waals surface area contributed by atoms with E-state index in [4.69, 9.17) is 15.7 Å². The van der Waals surface area contributed by atoms with Gasteiger partial charge in [0.1, 0.15) is 0 Å². The number of nitrogen functional groups attached to an aromatic ring is 1. The number of sulfone groups is 1. The number of carbonyl (C=O) groups excluding carboxylic acids is 1. The van der Waals surface area contributed by atoms with Crippen molar-refractivity contribution >= 4 is 33.2 Å². The Labute approximate surface area is 161 Å². The van der Waals surface area contributed by atoms with Crippen molar-refractivity contribution in [2.45, 2.75) is 32.3 Å². The minimum Gasteiger partial charge on any atom is -0.399 e. The molecule has 1 aliphatic rings. The topological polar surface area (TPSA) is 119 Å². The molecule has 1 fully saturated rings. The van der Waals surface area contributed by atoms with Crippen molar-refractivity contribution in [3.05, 3.63) is 48.5 Å². The summed E-state index contributed by atoms with van der Waals surface area (Å²) in [5, 5.41) is 9.07. The molecule has 0 aromatic heterocycles. The number of amides is 1. The van der Waals surface area contributed by atoms with Crippen LogP contribution in [-0.4, -0.2) is 37.5 Å². The summed E-state index contributed by atoms with van der Waals surface area (Å²) in [4.78, 5) is 14.1. The second kappa shape index (κ2) is 7.89. The van der Waals surface area contributed by atoms with Gasteiger partial charge >= 0.3 is 0 Å². The molecule has 0 bridgehead atoms. The fraction of sp³-hybridized carbons (Fsp3) is 0.278. The number of rotatable bonds is 5. The van der Waals surface area contributed by atoms with Crippen molar-refractivity contribution in [2.75, 3.05) is 18.9 Å². The highest BCUT2D eigenvalue weighted by Gasteiger charge is 2.52. The fourth-order valence-electron chi connectivity index (χ4n) is 3.01. The molecule has 1 saturated heterocycles. The highest BCUT2D eigenvalue weighted by Crippen LogP contribution is 2.36. The molecule has 0 unspecified atom stereocenters. The van der Waals surface area contributed by atoms with Gasteiger partial charge in [0.15, 0.2) is 14.6 Å². The highest BCUT2D eigenvalue weighted by molar-refractivity contribution is 7.99. The summed E-state index contributed by atoms with van der Waals surface area (Å²) >= 11 is 1.47. The summed E-state index contributed by atoms with van der Waals surface area (Å²) < 4.78 is 29.8. The SMILES string of the molecule is Nc1ccc(Sc2ccc(S(=O)(=O)C3(C(=O)NO)CCOCC3)cc2)cc1. The first-order valence-electron chi connectivity index (χ1n) is 8.29. The molecule has 2 aromatic carbocycles. The van der Waals surface area contributed by atoms with Crippen LogP contribution in [0.3, 0.4) is 0 Å². The summed E-state index contributed by atoms with van der Waals surface area (Å²) in [7, 11) is -4.01. The first-order valence-corrected chi connectivity index (χ1v) is 10.6. The lowest BCUT2D eigenvalue weighted by molar-refractivity contribution is -0.134. The van der Waals surface area contributed by atoms with E-state index < -0.39 is 20.5 Å². The van der Waals surface area contributed by atoms with Crippen LogP contribution in [0.5, 0.6) is 0 Å². The minimum atomic E-state index is -4.01. The van der Waals surface area contributed by atoms with Crippen molar-refractivity contribution in [3.8, 4) is 0 Å². The van der Waals surface area contributed by atoms with E-state index in [0.717, 1.165) is 9.79 Å². The number of ether oxygens (including phenoxy) is 1. The van der Waals surface area contributed by atoms with Gasteiger partial charge < -0.3 is 10.5 Å². The summed E-state index contributed by atoms with van der Waals surface area (Å²) in [6.07, 6.45) is -0.0205. The zero-order chi connectivity index (χ0) is 19.5. The van der Waals surface area contributed by atoms with E-state index in [2.05, 4.69) is 0 Å². The summed E-state index contributed by atoms with van der Waals surface area (Å²) in [5.41, 5.74) is 7.85. The smallest absolute Gasteiger partial charge is 0.265 e. The zero-order valence-electron chi connectivity index (χ0n) is 14.4. The number of benzene rings is 2. The molecule has 0 atom stereocenters. The van der Waals surface area contributed by atoms with Gasteiger partial charge in [0.05, 0.1) is 4.90 Å². The van der Waals surface area contributed by atoms with E-state index in [9.17, 15) is 13.2 Å². The van der Waals surface area contributed by atoms with Gasteiger partial charge in [0.25, 0.3) is 5.91 Å². The van der Waals surface area contributed by atoms with E-state index in [-0.39, 0.29) is 31.0 Å². The Balaban J connectivity index is 1.88. The van der Waals surface area contributed by atoms with Gasteiger partial charge in [-0.25, -0.2) is 13.9 Å². The number of hydrogen-bond acceptors (Lipinski definition) is 7. The Hall–Kier alpha value is -2.07. The molecule has 1 aliphatic heterocycles. The van der Waals surface area contributed by atoms with Crippen molar-refractivity contribution in [3.63, 3.8) is 0 Å². The monoisotopic (exact) mass is 408 g/mol. The van der Waals surface area contributed by atoms with Crippen LogP contribution in [0.4, 0.5) is 5.69 Å². The Morgan fingerprint density at radius 3 is 2.07 bits per heavy atom. The zero-order valence-corrected chi connectivity index (χ0v) is 16.1. The second-order valence-corrected chi connectivity index (χ2v) is 9.60. The largest absolute Gasteiger partial charge is 0.399 e. The molecule has 0 saturated carbocycles. The third kappa shape index (κ3) is 3.81. The average molecular weight is 409 g/mol. The highest BCUT2D eigenvalue weighted by atomic mass is 32.2. The minimum absolute atomic E-state index is 0.0103. The van der Waals surface area contributed by atoms with Crippen LogP contribution in [-0.2, 0) is 19.4 Å². The summed E-state index contributed by atoms with van der Waals surface area (Å²) in [6.45, 7) is 0.273. The van der Waals surface area contributed by atoms with Crippen LogP contribution >= 0.6 is 11.8 Å². The van der Waals surface area contributed by atoms with Gasteiger partial charge in [-0.2, -0.15) is 0 Å². The van der Waals surface area contributed by atoms with E-state index in [0.29, 0.717) is 5.69 Å². The number of anilines is 1. The number of nitrogens with two attached hydrogens (primary N) is 1. The Morgan fingerprint density at radius 2 is 1.56 bits per heavy atom. The Bertz CT molecular complexity index is 906. The summed E-state index contributed by atoms with van der Waals surface area (Å²) in [5.74, 6) is -0.925. The van der Waals surface area contributed by atoms with E-state index >= 15 is 0 Å². The maximum atomic E-state index is 13.2. The Kier molecular flexibility index (Phi) is 5.75. The van der Waals surface area contributed by atoms with Gasteiger partial charge in [0, 0.05) is 28.7 Å². The number of carbonyl (C=O) groups is 1. The molecule has 0 radical (unpaired) electrons. The van der Waals surface area contributed by atoms with Crippen molar-refractivity contribution in [2.24, 2.45) is 0 Å². The fourth-order valence-corrected chi connectivity index (χ4v) is 5.76. The number of nitrogens with one attached hydrogen (secondary N) is 1. The quantitative estimate of drug-likeness (QED) is 0.394. The predicted molar refractivity (Wildman–Crippen MR) is 101 cm³/mol. The van der Waals surface area contributed by atoms with E-state index in [1.165, 1.54) is 29.4 Å². The molecule has 2 aromatic rings. The molecule has 1 amide bonds. The van der Waals surface area contributed by atoms with Gasteiger partial charge in [0.2, 0.25) is 0 Å².